The Morgan fingerprint density at radius 3 is 2.26 bits per heavy atom. The molecule has 0 aliphatic heterocycles. The zero-order valence-electron chi connectivity index (χ0n) is 17.1. The molecule has 0 atom stereocenters. The van der Waals surface area contributed by atoms with Gasteiger partial charge in [0.15, 0.2) is 0 Å². The highest BCUT2D eigenvalue weighted by molar-refractivity contribution is 6.14. The molecule has 31 heavy (non-hydrogen) atoms. The largest absolute Gasteiger partial charge is 0.497 e. The van der Waals surface area contributed by atoms with Crippen molar-refractivity contribution in [2.75, 3.05) is 19.5 Å². The Balaban J connectivity index is 1.80. The Labute approximate surface area is 180 Å². The number of ether oxygens (including phenoxy) is 2. The second-order valence-electron chi connectivity index (χ2n) is 6.54. The van der Waals surface area contributed by atoms with Crippen LogP contribution in [0.15, 0.2) is 78.4 Å². The van der Waals surface area contributed by atoms with Gasteiger partial charge in [-0.1, -0.05) is 24.3 Å². The first-order valence-corrected chi connectivity index (χ1v) is 9.40. The molecule has 0 fully saturated rings. The van der Waals surface area contributed by atoms with Crippen molar-refractivity contribution in [1.29, 1.82) is 5.26 Å². The van der Waals surface area contributed by atoms with E-state index >= 15 is 0 Å². The summed E-state index contributed by atoms with van der Waals surface area (Å²) < 4.78 is 10.2. The molecule has 0 unspecified atom stereocenters. The third-order valence-corrected chi connectivity index (χ3v) is 4.50. The third-order valence-electron chi connectivity index (χ3n) is 4.50. The van der Waals surface area contributed by atoms with Crippen LogP contribution >= 0.6 is 0 Å². The molecule has 3 rings (SSSR count). The van der Waals surface area contributed by atoms with E-state index < -0.39 is 5.78 Å². The molecule has 1 N–H and O–H groups in total. The summed E-state index contributed by atoms with van der Waals surface area (Å²) in [5, 5.41) is 12.3. The number of amides is 1. The van der Waals surface area contributed by atoms with Crippen LogP contribution in [0.3, 0.4) is 0 Å². The lowest BCUT2D eigenvalue weighted by molar-refractivity contribution is 0.102. The molecular weight excluding hydrogens is 392 g/mol. The summed E-state index contributed by atoms with van der Waals surface area (Å²) in [5.74, 6) is 0.505. The summed E-state index contributed by atoms with van der Waals surface area (Å²) in [4.78, 5) is 25.2. The number of benzene rings is 3. The van der Waals surface area contributed by atoms with Gasteiger partial charge in [0.05, 0.1) is 14.2 Å². The van der Waals surface area contributed by atoms with Crippen molar-refractivity contribution in [3.63, 3.8) is 0 Å². The molecule has 3 aromatic carbocycles. The van der Waals surface area contributed by atoms with Crippen molar-refractivity contribution in [2.45, 2.75) is 0 Å². The maximum atomic E-state index is 12.7. The van der Waals surface area contributed by atoms with Crippen LogP contribution in [0, 0.1) is 11.3 Å². The number of rotatable bonds is 7. The molecule has 0 radical (unpaired) electrons. The van der Waals surface area contributed by atoms with Crippen molar-refractivity contribution < 1.29 is 19.1 Å². The maximum Gasteiger partial charge on any atom is 0.255 e. The van der Waals surface area contributed by atoms with Crippen LogP contribution in [0.4, 0.5) is 5.69 Å². The van der Waals surface area contributed by atoms with E-state index in [1.165, 1.54) is 13.2 Å². The smallest absolute Gasteiger partial charge is 0.255 e. The summed E-state index contributed by atoms with van der Waals surface area (Å²) in [6.07, 6.45) is 1.49. The van der Waals surface area contributed by atoms with Crippen molar-refractivity contribution in [2.24, 2.45) is 0 Å². The number of nitriles is 1. The highest BCUT2D eigenvalue weighted by Gasteiger charge is 2.13. The summed E-state index contributed by atoms with van der Waals surface area (Å²) in [6.45, 7) is 0. The standard InChI is InChI=1S/C25H20N2O4/c1-30-22-11-9-18(10-12-22)25(29)27-21-7-3-5-17(14-21)13-20(16-26)24(28)19-6-4-8-23(15-19)31-2/h3-15H,1-2H3,(H,27,29)/b20-13-. The van der Waals surface area contributed by atoms with Gasteiger partial charge < -0.3 is 14.8 Å². The molecule has 1 amide bonds. The molecule has 0 aromatic heterocycles. The van der Waals surface area contributed by atoms with E-state index in [1.807, 2.05) is 6.07 Å². The lowest BCUT2D eigenvalue weighted by Crippen LogP contribution is -2.11. The quantitative estimate of drug-likeness (QED) is 0.344. The van der Waals surface area contributed by atoms with Crippen LogP contribution in [0.2, 0.25) is 0 Å². The van der Waals surface area contributed by atoms with Crippen LogP contribution in [-0.4, -0.2) is 25.9 Å². The molecule has 6 nitrogen and oxygen atoms in total. The Kier molecular flexibility index (Phi) is 6.82. The predicted octanol–water partition coefficient (Wildman–Crippen LogP) is 4.75. The number of allylic oxidation sites excluding steroid dienone is 1. The molecule has 154 valence electrons. The van der Waals surface area contributed by atoms with Gasteiger partial charge in [-0.15, -0.1) is 0 Å². The molecular formula is C25H20N2O4. The summed E-state index contributed by atoms with van der Waals surface area (Å²) >= 11 is 0. The van der Waals surface area contributed by atoms with E-state index in [4.69, 9.17) is 9.47 Å². The average molecular weight is 412 g/mol. The van der Waals surface area contributed by atoms with Crippen molar-refractivity contribution in [3.8, 4) is 17.6 Å². The molecule has 3 aromatic rings. The normalized spacial score (nSPS) is 10.7. The number of carbonyl (C=O) groups excluding carboxylic acids is 2. The number of hydrogen-bond acceptors (Lipinski definition) is 5. The zero-order chi connectivity index (χ0) is 22.2. The van der Waals surface area contributed by atoms with Crippen LogP contribution in [0.5, 0.6) is 11.5 Å². The third kappa shape index (κ3) is 5.37. The number of nitrogens with one attached hydrogen (secondary N) is 1. The monoisotopic (exact) mass is 412 g/mol. The van der Waals surface area contributed by atoms with Gasteiger partial charge in [-0.05, 0) is 60.2 Å². The minimum absolute atomic E-state index is 0.0214. The van der Waals surface area contributed by atoms with E-state index in [-0.39, 0.29) is 11.5 Å². The van der Waals surface area contributed by atoms with Gasteiger partial charge in [-0.3, -0.25) is 9.59 Å². The number of methoxy groups -OCH3 is 2. The zero-order valence-corrected chi connectivity index (χ0v) is 17.1. The van der Waals surface area contributed by atoms with Crippen LogP contribution in [0.25, 0.3) is 6.08 Å². The molecule has 0 bridgehead atoms. The Morgan fingerprint density at radius 1 is 0.871 bits per heavy atom. The van der Waals surface area contributed by atoms with E-state index in [1.54, 1.807) is 79.9 Å². The highest BCUT2D eigenvalue weighted by atomic mass is 16.5. The Hall–Kier alpha value is -4.37. The van der Waals surface area contributed by atoms with Gasteiger partial charge in [0, 0.05) is 16.8 Å². The summed E-state index contributed by atoms with van der Waals surface area (Å²) in [5.41, 5.74) is 1.97. The first kappa shape index (κ1) is 21.3. The van der Waals surface area contributed by atoms with Crippen LogP contribution in [-0.2, 0) is 0 Å². The van der Waals surface area contributed by atoms with E-state index in [0.717, 1.165) is 0 Å². The molecule has 0 aliphatic carbocycles. The lowest BCUT2D eigenvalue weighted by atomic mass is 10.0. The highest BCUT2D eigenvalue weighted by Crippen LogP contribution is 2.20. The van der Waals surface area contributed by atoms with Crippen molar-refractivity contribution >= 4 is 23.5 Å². The van der Waals surface area contributed by atoms with Crippen molar-refractivity contribution in [1.82, 2.24) is 0 Å². The average Bonchev–Trinajstić information content (AvgIpc) is 2.82. The molecule has 6 heteroatoms. The number of ketones is 1. The van der Waals surface area contributed by atoms with Gasteiger partial charge in [0.25, 0.3) is 5.91 Å². The fourth-order valence-electron chi connectivity index (χ4n) is 2.89. The Bertz CT molecular complexity index is 1170. The van der Waals surface area contributed by atoms with E-state index in [9.17, 15) is 14.9 Å². The predicted molar refractivity (Wildman–Crippen MR) is 118 cm³/mol. The SMILES string of the molecule is COc1ccc(C(=O)Nc2cccc(/C=C(/C#N)C(=O)c3cccc(OC)c3)c2)cc1. The fraction of sp³-hybridized carbons (Fsp3) is 0.0800. The van der Waals surface area contributed by atoms with Gasteiger partial charge in [-0.2, -0.15) is 5.26 Å². The number of anilines is 1. The number of carbonyl (C=O) groups is 2. The van der Waals surface area contributed by atoms with Gasteiger partial charge in [0.2, 0.25) is 5.78 Å². The minimum Gasteiger partial charge on any atom is -0.497 e. The van der Waals surface area contributed by atoms with Crippen LogP contribution in [0.1, 0.15) is 26.3 Å². The van der Waals surface area contributed by atoms with Crippen molar-refractivity contribution in [3.05, 3.63) is 95.1 Å². The van der Waals surface area contributed by atoms with Crippen LogP contribution < -0.4 is 14.8 Å². The number of nitrogens with zero attached hydrogens (tertiary/aromatic N) is 1. The first-order chi connectivity index (χ1) is 15.0. The van der Waals surface area contributed by atoms with Gasteiger partial charge in [0.1, 0.15) is 23.1 Å². The molecule has 0 aliphatic rings. The molecule has 0 spiro atoms. The number of Topliss-reactive ketones (excluding diaryl/α,β-unsaturated/α-hetero) is 1. The maximum absolute atomic E-state index is 12.7. The molecule has 0 saturated heterocycles. The van der Waals surface area contributed by atoms with Gasteiger partial charge >= 0.3 is 0 Å². The molecule has 0 heterocycles. The fourth-order valence-corrected chi connectivity index (χ4v) is 2.89. The minimum atomic E-state index is -0.408. The number of hydrogen-bond donors (Lipinski definition) is 1. The lowest BCUT2D eigenvalue weighted by Gasteiger charge is -2.07. The van der Waals surface area contributed by atoms with Gasteiger partial charge in [-0.25, -0.2) is 0 Å². The second-order valence-corrected chi connectivity index (χ2v) is 6.54. The Morgan fingerprint density at radius 2 is 1.58 bits per heavy atom. The topological polar surface area (TPSA) is 88.4 Å². The van der Waals surface area contributed by atoms with E-state index in [2.05, 4.69) is 5.32 Å². The molecule has 0 saturated carbocycles. The summed E-state index contributed by atoms with van der Waals surface area (Å²) in [7, 11) is 3.07. The second kappa shape index (κ2) is 9.90. The van der Waals surface area contributed by atoms with E-state index in [0.29, 0.717) is 33.9 Å². The summed E-state index contributed by atoms with van der Waals surface area (Å²) in [6, 6.07) is 22.2. The first-order valence-electron chi connectivity index (χ1n) is 9.40.